The van der Waals surface area contributed by atoms with Crippen LogP contribution in [0.25, 0.3) is 11.1 Å². The van der Waals surface area contributed by atoms with Gasteiger partial charge in [0, 0.05) is 4.47 Å². The third-order valence-corrected chi connectivity index (χ3v) is 5.07. The van der Waals surface area contributed by atoms with E-state index in [1.54, 1.807) is 0 Å². The summed E-state index contributed by atoms with van der Waals surface area (Å²) >= 11 is 9.55. The highest BCUT2D eigenvalue weighted by atomic mass is 79.9. The lowest BCUT2D eigenvalue weighted by Crippen LogP contribution is -1.98. The molecule has 2 aromatic rings. The molecule has 92 valence electrons. The number of rotatable bonds is 2. The van der Waals surface area contributed by atoms with Crippen LogP contribution in [0.4, 0.5) is 0 Å². The Labute approximate surface area is 121 Å². The summed E-state index contributed by atoms with van der Waals surface area (Å²) in [6, 6.07) is 15.0. The highest BCUT2D eigenvalue weighted by molar-refractivity contribution is 9.10. The molecule has 18 heavy (non-hydrogen) atoms. The van der Waals surface area contributed by atoms with Crippen LogP contribution in [-0.4, -0.2) is 0 Å². The smallest absolute Gasteiger partial charge is 0.0554 e. The van der Waals surface area contributed by atoms with Crippen molar-refractivity contribution in [3.8, 4) is 11.1 Å². The normalized spacial score (nSPS) is 16.6. The second kappa shape index (κ2) is 4.40. The summed E-state index contributed by atoms with van der Waals surface area (Å²) in [4.78, 5) is 0. The van der Waals surface area contributed by atoms with E-state index in [4.69, 9.17) is 11.6 Å². The molecule has 2 heteroatoms. The van der Waals surface area contributed by atoms with Crippen LogP contribution in [0.3, 0.4) is 0 Å². The van der Waals surface area contributed by atoms with Gasteiger partial charge in [-0.1, -0.05) is 48.9 Å². The Bertz CT molecular complexity index is 583. The SMILES string of the molecule is CC1(c2ccc(-c3ccc(Br)c(Cl)c3)cc2)CC1. The summed E-state index contributed by atoms with van der Waals surface area (Å²) in [6.07, 6.45) is 2.63. The van der Waals surface area contributed by atoms with Gasteiger partial charge < -0.3 is 0 Å². The molecule has 1 saturated carbocycles. The fraction of sp³-hybridized carbons (Fsp3) is 0.250. The first-order valence-electron chi connectivity index (χ1n) is 6.14. The first kappa shape index (κ1) is 12.3. The van der Waals surface area contributed by atoms with E-state index in [9.17, 15) is 0 Å². The van der Waals surface area contributed by atoms with E-state index >= 15 is 0 Å². The average Bonchev–Trinajstić information content (AvgIpc) is 3.12. The van der Waals surface area contributed by atoms with E-state index in [2.05, 4.69) is 53.2 Å². The second-order valence-electron chi connectivity index (χ2n) is 5.27. The Balaban J connectivity index is 1.94. The summed E-state index contributed by atoms with van der Waals surface area (Å²) < 4.78 is 0.940. The molecule has 0 radical (unpaired) electrons. The summed E-state index contributed by atoms with van der Waals surface area (Å²) in [6.45, 7) is 2.33. The van der Waals surface area contributed by atoms with Gasteiger partial charge in [0.2, 0.25) is 0 Å². The maximum atomic E-state index is 6.13. The highest BCUT2D eigenvalue weighted by Gasteiger charge is 2.38. The minimum Gasteiger partial charge on any atom is -0.0831 e. The maximum absolute atomic E-state index is 6.13. The van der Waals surface area contributed by atoms with Crippen molar-refractivity contribution in [2.45, 2.75) is 25.2 Å². The first-order chi connectivity index (χ1) is 8.58. The van der Waals surface area contributed by atoms with E-state index in [0.29, 0.717) is 5.41 Å². The van der Waals surface area contributed by atoms with Gasteiger partial charge in [0.15, 0.2) is 0 Å². The number of halogens is 2. The first-order valence-corrected chi connectivity index (χ1v) is 7.32. The molecule has 2 aromatic carbocycles. The van der Waals surface area contributed by atoms with Gasteiger partial charge in [-0.25, -0.2) is 0 Å². The van der Waals surface area contributed by atoms with Crippen LogP contribution in [-0.2, 0) is 5.41 Å². The summed E-state index contributed by atoms with van der Waals surface area (Å²) in [5.41, 5.74) is 4.28. The molecule has 0 bridgehead atoms. The van der Waals surface area contributed by atoms with Crippen molar-refractivity contribution < 1.29 is 0 Å². The van der Waals surface area contributed by atoms with Crippen LogP contribution in [0.1, 0.15) is 25.3 Å². The van der Waals surface area contributed by atoms with Crippen molar-refractivity contribution >= 4 is 27.5 Å². The zero-order valence-corrected chi connectivity index (χ0v) is 12.6. The molecule has 0 atom stereocenters. The predicted octanol–water partition coefficient (Wildman–Crippen LogP) is 5.82. The van der Waals surface area contributed by atoms with Crippen molar-refractivity contribution in [3.05, 3.63) is 57.5 Å². The van der Waals surface area contributed by atoms with E-state index < -0.39 is 0 Å². The van der Waals surface area contributed by atoms with Crippen LogP contribution >= 0.6 is 27.5 Å². The Morgan fingerprint density at radius 1 is 1.00 bits per heavy atom. The Kier molecular flexibility index (Phi) is 2.99. The number of benzene rings is 2. The maximum Gasteiger partial charge on any atom is 0.0554 e. The quantitative estimate of drug-likeness (QED) is 0.653. The minimum absolute atomic E-state index is 0.440. The fourth-order valence-electron chi connectivity index (χ4n) is 2.22. The standard InChI is InChI=1S/C16H14BrCl/c1-16(8-9-16)13-5-2-11(3-6-13)12-4-7-14(17)15(18)10-12/h2-7,10H,8-9H2,1H3. The number of hydrogen-bond acceptors (Lipinski definition) is 0. The molecular weight excluding hydrogens is 308 g/mol. The van der Waals surface area contributed by atoms with Crippen LogP contribution < -0.4 is 0 Å². The Morgan fingerprint density at radius 3 is 2.17 bits per heavy atom. The van der Waals surface area contributed by atoms with Crippen LogP contribution in [0.5, 0.6) is 0 Å². The van der Waals surface area contributed by atoms with E-state index in [0.717, 1.165) is 15.1 Å². The van der Waals surface area contributed by atoms with E-state index in [1.807, 2.05) is 12.1 Å². The fourth-order valence-corrected chi connectivity index (χ4v) is 2.64. The molecule has 0 heterocycles. The molecule has 1 aliphatic rings. The molecule has 1 aliphatic carbocycles. The van der Waals surface area contributed by atoms with Gasteiger partial charge in [0.1, 0.15) is 0 Å². The van der Waals surface area contributed by atoms with Crippen molar-refractivity contribution in [1.82, 2.24) is 0 Å². The van der Waals surface area contributed by atoms with Gasteiger partial charge in [-0.15, -0.1) is 0 Å². The van der Waals surface area contributed by atoms with Gasteiger partial charge in [-0.05, 0) is 63.0 Å². The Hall–Kier alpha value is -0.790. The zero-order chi connectivity index (χ0) is 12.8. The molecular formula is C16H14BrCl. The molecule has 0 spiro atoms. The lowest BCUT2D eigenvalue weighted by Gasteiger charge is -2.10. The van der Waals surface area contributed by atoms with Gasteiger partial charge >= 0.3 is 0 Å². The summed E-state index contributed by atoms with van der Waals surface area (Å²) in [7, 11) is 0. The lowest BCUT2D eigenvalue weighted by atomic mass is 9.95. The number of hydrogen-bond donors (Lipinski definition) is 0. The third kappa shape index (κ3) is 2.22. The van der Waals surface area contributed by atoms with E-state index in [-0.39, 0.29) is 0 Å². The van der Waals surface area contributed by atoms with Crippen LogP contribution in [0.15, 0.2) is 46.9 Å². The molecule has 0 unspecified atom stereocenters. The topological polar surface area (TPSA) is 0 Å². The highest BCUT2D eigenvalue weighted by Crippen LogP contribution is 2.47. The zero-order valence-electron chi connectivity index (χ0n) is 10.2. The van der Waals surface area contributed by atoms with Crippen molar-refractivity contribution in [2.75, 3.05) is 0 Å². The molecule has 0 aliphatic heterocycles. The van der Waals surface area contributed by atoms with Crippen molar-refractivity contribution in [2.24, 2.45) is 0 Å². The molecule has 0 nitrogen and oxygen atoms in total. The van der Waals surface area contributed by atoms with Gasteiger partial charge in [-0.2, -0.15) is 0 Å². The third-order valence-electron chi connectivity index (χ3n) is 3.83. The minimum atomic E-state index is 0.440. The molecule has 0 N–H and O–H groups in total. The lowest BCUT2D eigenvalue weighted by molar-refractivity contribution is 0.788. The van der Waals surface area contributed by atoms with Gasteiger partial charge in [-0.3, -0.25) is 0 Å². The van der Waals surface area contributed by atoms with Crippen molar-refractivity contribution in [3.63, 3.8) is 0 Å². The van der Waals surface area contributed by atoms with Crippen molar-refractivity contribution in [1.29, 1.82) is 0 Å². The van der Waals surface area contributed by atoms with Crippen LogP contribution in [0, 0.1) is 0 Å². The average molecular weight is 322 g/mol. The predicted molar refractivity (Wildman–Crippen MR) is 81.2 cm³/mol. The monoisotopic (exact) mass is 320 g/mol. The molecule has 0 amide bonds. The second-order valence-corrected chi connectivity index (χ2v) is 6.53. The van der Waals surface area contributed by atoms with Gasteiger partial charge in [0.25, 0.3) is 0 Å². The van der Waals surface area contributed by atoms with Gasteiger partial charge in [0.05, 0.1) is 5.02 Å². The largest absolute Gasteiger partial charge is 0.0831 e. The molecule has 3 rings (SSSR count). The summed E-state index contributed by atoms with van der Waals surface area (Å²) in [5.74, 6) is 0. The van der Waals surface area contributed by atoms with E-state index in [1.165, 1.54) is 24.0 Å². The molecule has 0 saturated heterocycles. The molecule has 0 aromatic heterocycles. The molecule has 1 fully saturated rings. The Morgan fingerprint density at radius 2 is 1.61 bits per heavy atom. The van der Waals surface area contributed by atoms with Crippen LogP contribution in [0.2, 0.25) is 5.02 Å². The summed E-state index contributed by atoms with van der Waals surface area (Å²) in [5, 5.41) is 0.755.